The van der Waals surface area contributed by atoms with Crippen molar-refractivity contribution in [1.82, 2.24) is 35.0 Å². The molecule has 2 aliphatic rings. The number of carbonyl (C=O) groups excluding carboxylic acids is 2. The predicted molar refractivity (Wildman–Crippen MR) is 137 cm³/mol. The van der Waals surface area contributed by atoms with Crippen molar-refractivity contribution < 1.29 is 14.7 Å². The van der Waals surface area contributed by atoms with Gasteiger partial charge in [-0.25, -0.2) is 9.36 Å². The van der Waals surface area contributed by atoms with Crippen LogP contribution in [-0.4, -0.2) is 65.3 Å². The second-order valence-electron chi connectivity index (χ2n) is 11.3. The van der Waals surface area contributed by atoms with E-state index in [2.05, 4.69) is 20.7 Å². The minimum atomic E-state index is -0.766. The summed E-state index contributed by atoms with van der Waals surface area (Å²) in [5, 5.41) is 26.5. The van der Waals surface area contributed by atoms with Crippen LogP contribution in [-0.2, 0) is 16.1 Å². The van der Waals surface area contributed by atoms with E-state index >= 15 is 0 Å². The Balaban J connectivity index is 1.33. The van der Waals surface area contributed by atoms with Crippen molar-refractivity contribution in [2.45, 2.75) is 77.6 Å². The van der Waals surface area contributed by atoms with Gasteiger partial charge in [0.25, 0.3) is 0 Å². The first-order valence-electron chi connectivity index (χ1n) is 12.9. The van der Waals surface area contributed by atoms with Crippen LogP contribution >= 0.6 is 0 Å². The summed E-state index contributed by atoms with van der Waals surface area (Å²) in [6.07, 6.45) is 5.36. The van der Waals surface area contributed by atoms with E-state index in [1.807, 2.05) is 70.4 Å². The molecule has 1 aliphatic carbocycles. The molecule has 3 atom stereocenters. The third kappa shape index (κ3) is 5.29. The molecule has 3 heterocycles. The summed E-state index contributed by atoms with van der Waals surface area (Å²) in [4.78, 5) is 28.8. The highest BCUT2D eigenvalue weighted by Crippen LogP contribution is 2.40. The highest BCUT2D eigenvalue weighted by atomic mass is 16.3. The number of hydrogen-bond acceptors (Lipinski definition) is 6. The Morgan fingerprint density at radius 1 is 1.19 bits per heavy atom. The summed E-state index contributed by atoms with van der Waals surface area (Å²) in [6.45, 7) is 8.24. The summed E-state index contributed by atoms with van der Waals surface area (Å²) in [5.41, 5.74) is 3.11. The quantitative estimate of drug-likeness (QED) is 0.509. The lowest BCUT2D eigenvalue weighted by molar-refractivity contribution is -0.144. The third-order valence-corrected chi connectivity index (χ3v) is 7.12. The Bertz CT molecular complexity index is 1290. The molecule has 196 valence electrons. The van der Waals surface area contributed by atoms with Crippen LogP contribution in [0.25, 0.3) is 5.69 Å². The monoisotopic (exact) mass is 505 g/mol. The lowest BCUT2D eigenvalue weighted by atomic mass is 9.85. The minimum Gasteiger partial charge on any atom is -0.391 e. The SMILES string of the molecule is Cc1ccn(-c2ccccc2CNC(=O)[C@@H]2C[C@@H](O)CN2C(=O)[C@@H](n2cc(C3CC3)nn2)C(C)(C)C)n1. The molecule has 2 N–H and O–H groups in total. The van der Waals surface area contributed by atoms with Crippen molar-refractivity contribution in [3.63, 3.8) is 0 Å². The zero-order valence-corrected chi connectivity index (χ0v) is 21.8. The number of benzene rings is 1. The average Bonchev–Trinajstić information content (AvgIpc) is 3.22. The zero-order chi connectivity index (χ0) is 26.3. The highest BCUT2D eigenvalue weighted by molar-refractivity contribution is 5.90. The standard InChI is InChI=1S/C27H35N7O3/c1-17-11-12-33(30-17)22-8-6-5-7-19(22)14-28-25(36)23-13-20(35)15-32(23)26(37)24(27(2,3)4)34-16-21(29-31-34)18-9-10-18/h5-8,11-12,16,18,20,23-24,35H,9-10,13-15H2,1-4H3,(H,28,36)/t20-,23+,24-/m1/s1. The molecule has 0 radical (unpaired) electrons. The topological polar surface area (TPSA) is 118 Å². The fourth-order valence-corrected chi connectivity index (χ4v) is 5.06. The molecule has 37 heavy (non-hydrogen) atoms. The maximum atomic E-state index is 13.9. The number of nitrogens with zero attached hydrogens (tertiary/aromatic N) is 6. The number of nitrogens with one attached hydrogen (secondary N) is 1. The van der Waals surface area contributed by atoms with Crippen molar-refractivity contribution in [2.24, 2.45) is 5.41 Å². The Hall–Kier alpha value is -3.53. The lowest BCUT2D eigenvalue weighted by Crippen LogP contribution is -2.50. The molecule has 2 amide bonds. The van der Waals surface area contributed by atoms with Crippen molar-refractivity contribution >= 4 is 11.8 Å². The van der Waals surface area contributed by atoms with Gasteiger partial charge >= 0.3 is 0 Å². The zero-order valence-electron chi connectivity index (χ0n) is 21.8. The van der Waals surface area contributed by atoms with Gasteiger partial charge in [0.15, 0.2) is 0 Å². The van der Waals surface area contributed by atoms with Crippen molar-refractivity contribution in [3.8, 4) is 5.69 Å². The number of likely N-dealkylation sites (tertiary alicyclic amines) is 1. The first-order chi connectivity index (χ1) is 17.6. The Morgan fingerprint density at radius 2 is 1.95 bits per heavy atom. The number of amides is 2. The molecule has 3 aromatic rings. The van der Waals surface area contributed by atoms with Gasteiger partial charge in [-0.05, 0) is 42.9 Å². The van der Waals surface area contributed by atoms with Gasteiger partial charge in [-0.2, -0.15) is 5.10 Å². The average molecular weight is 506 g/mol. The maximum Gasteiger partial charge on any atom is 0.248 e. The van der Waals surface area contributed by atoms with E-state index in [0.717, 1.165) is 35.5 Å². The van der Waals surface area contributed by atoms with Gasteiger partial charge in [0.1, 0.15) is 12.1 Å². The molecular formula is C27H35N7O3. The number of rotatable bonds is 7. The van der Waals surface area contributed by atoms with Crippen LogP contribution in [0.5, 0.6) is 0 Å². The molecule has 0 unspecified atom stereocenters. The molecule has 5 rings (SSSR count). The number of β-amino-alcohol motifs (C(OH)–C–C–N with tert-alkyl or cyclic N) is 1. The predicted octanol–water partition coefficient (Wildman–Crippen LogP) is 2.52. The molecule has 1 aromatic carbocycles. The molecule has 2 aromatic heterocycles. The van der Waals surface area contributed by atoms with Crippen molar-refractivity contribution in [3.05, 3.63) is 59.7 Å². The molecule has 0 bridgehead atoms. The number of aromatic nitrogens is 5. The number of para-hydroxylation sites is 1. The number of hydrogen-bond donors (Lipinski definition) is 2. The van der Waals surface area contributed by atoms with Crippen LogP contribution < -0.4 is 5.32 Å². The molecular weight excluding hydrogens is 470 g/mol. The molecule has 1 aliphatic heterocycles. The second-order valence-corrected chi connectivity index (χ2v) is 11.3. The van der Waals surface area contributed by atoms with Gasteiger partial charge in [0.05, 0.1) is 23.2 Å². The van der Waals surface area contributed by atoms with Crippen LogP contribution in [0.3, 0.4) is 0 Å². The molecule has 1 saturated heterocycles. The van der Waals surface area contributed by atoms with Crippen molar-refractivity contribution in [1.29, 1.82) is 0 Å². The first kappa shape index (κ1) is 25.1. The van der Waals surface area contributed by atoms with Gasteiger partial charge in [-0.1, -0.05) is 44.2 Å². The molecule has 10 heteroatoms. The fourth-order valence-electron chi connectivity index (χ4n) is 5.06. The maximum absolute atomic E-state index is 13.9. The highest BCUT2D eigenvalue weighted by Gasteiger charge is 2.45. The van der Waals surface area contributed by atoms with Crippen LogP contribution in [0.4, 0.5) is 0 Å². The Kier molecular flexibility index (Phi) is 6.61. The molecule has 2 fully saturated rings. The van der Waals surface area contributed by atoms with Gasteiger partial charge in [0.2, 0.25) is 11.8 Å². The van der Waals surface area contributed by atoms with E-state index in [1.54, 1.807) is 9.36 Å². The number of aryl methyl sites for hydroxylation is 1. The van der Waals surface area contributed by atoms with E-state index < -0.39 is 23.6 Å². The van der Waals surface area contributed by atoms with E-state index in [9.17, 15) is 14.7 Å². The number of carbonyl (C=O) groups is 2. The van der Waals surface area contributed by atoms with Gasteiger partial charge in [-0.3, -0.25) is 9.59 Å². The summed E-state index contributed by atoms with van der Waals surface area (Å²) in [6, 6.07) is 8.25. The van der Waals surface area contributed by atoms with E-state index in [1.165, 1.54) is 4.90 Å². The van der Waals surface area contributed by atoms with Gasteiger partial charge in [-0.15, -0.1) is 5.10 Å². The summed E-state index contributed by atoms with van der Waals surface area (Å²) in [7, 11) is 0. The van der Waals surface area contributed by atoms with E-state index in [-0.39, 0.29) is 31.3 Å². The smallest absolute Gasteiger partial charge is 0.248 e. The van der Waals surface area contributed by atoms with Crippen LogP contribution in [0.2, 0.25) is 0 Å². The van der Waals surface area contributed by atoms with Gasteiger partial charge in [0, 0.05) is 37.8 Å². The number of aliphatic hydroxyl groups excluding tert-OH is 1. The fraction of sp³-hybridized carbons (Fsp3) is 0.519. The normalized spacial score (nSPS) is 20.7. The summed E-state index contributed by atoms with van der Waals surface area (Å²) < 4.78 is 3.42. The summed E-state index contributed by atoms with van der Waals surface area (Å²) >= 11 is 0. The number of aliphatic hydroxyl groups is 1. The molecule has 10 nitrogen and oxygen atoms in total. The van der Waals surface area contributed by atoms with Crippen LogP contribution in [0.15, 0.2) is 42.7 Å². The Labute approximate surface area is 216 Å². The first-order valence-corrected chi connectivity index (χ1v) is 12.9. The second kappa shape index (κ2) is 9.74. The lowest BCUT2D eigenvalue weighted by Gasteiger charge is -2.34. The minimum absolute atomic E-state index is 0.108. The van der Waals surface area contributed by atoms with E-state index in [4.69, 9.17) is 0 Å². The van der Waals surface area contributed by atoms with Crippen LogP contribution in [0.1, 0.15) is 68.9 Å². The third-order valence-electron chi connectivity index (χ3n) is 7.12. The molecule has 0 spiro atoms. The van der Waals surface area contributed by atoms with Crippen molar-refractivity contribution in [2.75, 3.05) is 6.54 Å². The molecule has 1 saturated carbocycles. The van der Waals surface area contributed by atoms with Crippen LogP contribution in [0, 0.1) is 12.3 Å². The Morgan fingerprint density at radius 3 is 2.62 bits per heavy atom. The van der Waals surface area contributed by atoms with E-state index in [0.29, 0.717) is 5.92 Å². The largest absolute Gasteiger partial charge is 0.391 e. The van der Waals surface area contributed by atoms with Gasteiger partial charge < -0.3 is 15.3 Å². The summed E-state index contributed by atoms with van der Waals surface area (Å²) in [5.74, 6) is -0.102.